The molecule has 9 aromatic carbocycles. The second-order valence-electron chi connectivity index (χ2n) is 16.6. The number of fused-ring (bicyclic) bond motifs is 9. The van der Waals surface area contributed by atoms with Gasteiger partial charge in [-0.25, -0.2) is 0 Å². The smallest absolute Gasteiger partial charge is 0.131 e. The number of rotatable bonds is 6. The number of nitrogens with zero attached hydrogens (tertiary/aromatic N) is 3. The van der Waals surface area contributed by atoms with Gasteiger partial charge in [-0.1, -0.05) is 159 Å². The second-order valence-corrected chi connectivity index (χ2v) is 16.6. The minimum atomic E-state index is -0.113. The fourth-order valence-electron chi connectivity index (χ4n) is 10.1. The predicted molar refractivity (Wildman–Crippen MR) is 252 cm³/mol. The Bertz CT molecular complexity index is 3430. The van der Waals surface area contributed by atoms with E-state index in [0.717, 1.165) is 28.4 Å². The van der Waals surface area contributed by atoms with Gasteiger partial charge in [-0.05, 0) is 116 Å². The number of imidazole rings is 1. The summed E-state index contributed by atoms with van der Waals surface area (Å²) in [6, 6.07) is 77.8. The Balaban J connectivity index is 1.05. The van der Waals surface area contributed by atoms with E-state index in [4.69, 9.17) is 0 Å². The molecule has 1 aliphatic carbocycles. The fourth-order valence-corrected chi connectivity index (χ4v) is 10.1. The van der Waals surface area contributed by atoms with Gasteiger partial charge < -0.3 is 4.90 Å². The van der Waals surface area contributed by atoms with Crippen molar-refractivity contribution in [2.75, 3.05) is 4.90 Å². The summed E-state index contributed by atoms with van der Waals surface area (Å²) in [5, 5.41) is 3.73. The van der Waals surface area contributed by atoms with E-state index < -0.39 is 0 Å². The molecule has 0 spiro atoms. The SMILES string of the molecule is CC1(C)c2ccccc2-c2ccc(N(c3ccc(-c4ccccc4)cc3)c3ccc(-n4c5ccccc5n5c6ccccc6c(-c6cccc7ccccc67)c45)cc3)cc21. The zero-order chi connectivity index (χ0) is 40.0. The lowest BCUT2D eigenvalue weighted by Crippen LogP contribution is -2.16. The van der Waals surface area contributed by atoms with Gasteiger partial charge in [-0.15, -0.1) is 0 Å². The molecule has 0 unspecified atom stereocenters. The molecule has 11 aromatic rings. The topological polar surface area (TPSA) is 12.6 Å². The van der Waals surface area contributed by atoms with Crippen molar-refractivity contribution < 1.29 is 0 Å². The Morgan fingerprint density at radius 3 is 1.77 bits per heavy atom. The number of anilines is 3. The summed E-state index contributed by atoms with van der Waals surface area (Å²) in [6.07, 6.45) is 0. The Kier molecular flexibility index (Phi) is 7.58. The van der Waals surface area contributed by atoms with Crippen LogP contribution in [0.2, 0.25) is 0 Å². The number of hydrogen-bond donors (Lipinski definition) is 0. The molecule has 0 N–H and O–H groups in total. The molecule has 1 aliphatic rings. The highest BCUT2D eigenvalue weighted by Gasteiger charge is 2.36. The Hall–Kier alpha value is -7.62. The van der Waals surface area contributed by atoms with Crippen molar-refractivity contribution in [3.63, 3.8) is 0 Å². The maximum absolute atomic E-state index is 2.46. The van der Waals surface area contributed by atoms with E-state index in [1.165, 1.54) is 77.2 Å². The molecular formula is C57H41N3. The number of aromatic nitrogens is 2. The van der Waals surface area contributed by atoms with Crippen molar-refractivity contribution in [1.29, 1.82) is 0 Å². The van der Waals surface area contributed by atoms with E-state index in [2.05, 4.69) is 240 Å². The van der Waals surface area contributed by atoms with Crippen LogP contribution in [-0.4, -0.2) is 8.97 Å². The first-order valence-electron chi connectivity index (χ1n) is 20.9. The van der Waals surface area contributed by atoms with E-state index in [9.17, 15) is 0 Å². The molecule has 2 aromatic heterocycles. The van der Waals surface area contributed by atoms with Gasteiger partial charge in [0.05, 0.1) is 16.6 Å². The highest BCUT2D eigenvalue weighted by molar-refractivity contribution is 6.14. The van der Waals surface area contributed by atoms with Gasteiger partial charge >= 0.3 is 0 Å². The molecule has 0 saturated carbocycles. The second kappa shape index (κ2) is 13.2. The highest BCUT2D eigenvalue weighted by atomic mass is 15.2. The summed E-state index contributed by atoms with van der Waals surface area (Å²) in [5.74, 6) is 0. The minimum absolute atomic E-state index is 0.113. The van der Waals surface area contributed by atoms with Crippen molar-refractivity contribution in [3.05, 3.63) is 223 Å². The van der Waals surface area contributed by atoms with Gasteiger partial charge in [0, 0.05) is 39.1 Å². The molecule has 60 heavy (non-hydrogen) atoms. The summed E-state index contributed by atoms with van der Waals surface area (Å²) in [4.78, 5) is 2.41. The molecule has 0 atom stereocenters. The molecule has 0 bridgehead atoms. The van der Waals surface area contributed by atoms with Crippen LogP contribution in [0.3, 0.4) is 0 Å². The summed E-state index contributed by atoms with van der Waals surface area (Å²) in [5.41, 5.74) is 19.3. The molecule has 3 nitrogen and oxygen atoms in total. The fraction of sp³-hybridized carbons (Fsp3) is 0.0526. The third kappa shape index (κ3) is 5.09. The van der Waals surface area contributed by atoms with Gasteiger partial charge in [0.2, 0.25) is 0 Å². The van der Waals surface area contributed by atoms with E-state index in [1.54, 1.807) is 0 Å². The summed E-state index contributed by atoms with van der Waals surface area (Å²) in [7, 11) is 0. The van der Waals surface area contributed by atoms with Crippen LogP contribution < -0.4 is 4.90 Å². The molecule has 3 heteroatoms. The summed E-state index contributed by atoms with van der Waals surface area (Å²) < 4.78 is 4.92. The van der Waals surface area contributed by atoms with Crippen LogP contribution in [0.4, 0.5) is 17.1 Å². The van der Waals surface area contributed by atoms with Gasteiger partial charge in [0.1, 0.15) is 5.65 Å². The first-order chi connectivity index (χ1) is 29.5. The Morgan fingerprint density at radius 1 is 0.400 bits per heavy atom. The predicted octanol–water partition coefficient (Wildman–Crippen LogP) is 15.3. The lowest BCUT2D eigenvalue weighted by molar-refractivity contribution is 0.660. The zero-order valence-corrected chi connectivity index (χ0v) is 33.5. The van der Waals surface area contributed by atoms with Gasteiger partial charge in [-0.3, -0.25) is 8.97 Å². The van der Waals surface area contributed by atoms with Crippen LogP contribution in [0.5, 0.6) is 0 Å². The Labute approximate surface area is 349 Å². The van der Waals surface area contributed by atoms with Crippen molar-refractivity contribution in [2.45, 2.75) is 19.3 Å². The van der Waals surface area contributed by atoms with E-state index in [-0.39, 0.29) is 5.41 Å². The van der Waals surface area contributed by atoms with Gasteiger partial charge in [0.15, 0.2) is 0 Å². The van der Waals surface area contributed by atoms with Crippen LogP contribution in [0.25, 0.3) is 77.4 Å². The molecule has 0 fully saturated rings. The van der Waals surface area contributed by atoms with Crippen LogP contribution in [-0.2, 0) is 5.41 Å². The molecule has 0 radical (unpaired) electrons. The molecule has 0 saturated heterocycles. The summed E-state index contributed by atoms with van der Waals surface area (Å²) in [6.45, 7) is 4.71. The number of para-hydroxylation sites is 3. The lowest BCUT2D eigenvalue weighted by atomic mass is 9.82. The van der Waals surface area contributed by atoms with Crippen molar-refractivity contribution in [2.24, 2.45) is 0 Å². The highest BCUT2D eigenvalue weighted by Crippen LogP contribution is 2.51. The third-order valence-corrected chi connectivity index (χ3v) is 12.9. The van der Waals surface area contributed by atoms with E-state index >= 15 is 0 Å². The molecule has 12 rings (SSSR count). The quantitative estimate of drug-likeness (QED) is 0.164. The van der Waals surface area contributed by atoms with Gasteiger partial charge in [-0.2, -0.15) is 0 Å². The first kappa shape index (κ1) is 34.4. The maximum Gasteiger partial charge on any atom is 0.131 e. The van der Waals surface area contributed by atoms with Gasteiger partial charge in [0.25, 0.3) is 0 Å². The van der Waals surface area contributed by atoms with Crippen molar-refractivity contribution in [3.8, 4) is 39.1 Å². The van der Waals surface area contributed by atoms with Crippen LogP contribution in [0.1, 0.15) is 25.0 Å². The average Bonchev–Trinajstić information content (AvgIpc) is 3.90. The Morgan fingerprint density at radius 2 is 0.967 bits per heavy atom. The summed E-state index contributed by atoms with van der Waals surface area (Å²) >= 11 is 0. The number of benzene rings is 9. The standard InChI is InChI=1S/C57H41N3/c1-57(2)50-23-10-8-20-46(50)47-36-35-44(37-51(47)57)58(41-29-27-39(28-30-41)38-15-4-3-5-16-38)42-31-33-43(34-32-42)59-53-25-12-13-26-54(53)60-52-24-11-9-21-49(52)55(56(59)60)48-22-14-18-40-17-6-7-19-45(40)48/h3-37H,1-2H3. The average molecular weight is 768 g/mol. The molecule has 284 valence electrons. The maximum atomic E-state index is 2.46. The zero-order valence-electron chi connectivity index (χ0n) is 33.5. The molecule has 0 amide bonds. The van der Waals surface area contributed by atoms with E-state index in [0.29, 0.717) is 0 Å². The normalized spacial score (nSPS) is 13.0. The van der Waals surface area contributed by atoms with Crippen molar-refractivity contribution in [1.82, 2.24) is 8.97 Å². The minimum Gasteiger partial charge on any atom is -0.310 e. The van der Waals surface area contributed by atoms with Crippen LogP contribution in [0.15, 0.2) is 212 Å². The van der Waals surface area contributed by atoms with Crippen molar-refractivity contribution >= 4 is 55.4 Å². The molecule has 0 aliphatic heterocycles. The largest absolute Gasteiger partial charge is 0.310 e. The number of hydrogen-bond acceptors (Lipinski definition) is 1. The monoisotopic (exact) mass is 767 g/mol. The molecule has 2 heterocycles. The first-order valence-corrected chi connectivity index (χ1v) is 20.9. The third-order valence-electron chi connectivity index (χ3n) is 12.9. The lowest BCUT2D eigenvalue weighted by Gasteiger charge is -2.28. The molecular weight excluding hydrogens is 727 g/mol. The van der Waals surface area contributed by atoms with E-state index in [1.807, 2.05) is 0 Å². The van der Waals surface area contributed by atoms with Crippen LogP contribution >= 0.6 is 0 Å². The van der Waals surface area contributed by atoms with Crippen LogP contribution in [0, 0.1) is 0 Å².